The average Bonchev–Trinajstić information content (AvgIpc) is 3.06. The van der Waals surface area contributed by atoms with Gasteiger partial charge in [-0.05, 0) is 48.6 Å². The molecule has 1 fully saturated rings. The largest absolute Gasteiger partial charge is 0.357 e. The molecular formula is C19H27N5O. The maximum absolute atomic E-state index is 12.0. The summed E-state index contributed by atoms with van der Waals surface area (Å²) < 4.78 is 1.98. The third-order valence-corrected chi connectivity index (χ3v) is 4.74. The Bertz CT molecular complexity index is 661. The smallest absolute Gasteiger partial charge is 0.315 e. The first-order valence-corrected chi connectivity index (χ1v) is 8.95. The summed E-state index contributed by atoms with van der Waals surface area (Å²) in [5.74, 6) is 0. The summed E-state index contributed by atoms with van der Waals surface area (Å²) in [6.45, 7) is 3.71. The van der Waals surface area contributed by atoms with Gasteiger partial charge in [0.15, 0.2) is 0 Å². The van der Waals surface area contributed by atoms with Crippen molar-refractivity contribution in [1.82, 2.24) is 25.1 Å². The van der Waals surface area contributed by atoms with Gasteiger partial charge in [-0.25, -0.2) is 4.79 Å². The molecule has 2 aromatic rings. The van der Waals surface area contributed by atoms with Crippen LogP contribution in [0, 0.1) is 0 Å². The van der Waals surface area contributed by atoms with Crippen LogP contribution >= 0.6 is 0 Å². The molecule has 0 aliphatic carbocycles. The molecule has 0 unspecified atom stereocenters. The first kappa shape index (κ1) is 17.5. The standard InChI is InChI=1S/C19H27N5O/c1-23-10-4-17(15-23)14-21-19(25)22-18-6-12-24(13-7-18)11-5-16-2-8-20-9-3-16/h2-4,8-10,15,18H,5-7,11-14H2,1H3,(H2,21,22,25). The van der Waals surface area contributed by atoms with E-state index in [9.17, 15) is 4.79 Å². The molecule has 0 radical (unpaired) electrons. The van der Waals surface area contributed by atoms with Gasteiger partial charge in [0.25, 0.3) is 0 Å². The topological polar surface area (TPSA) is 62.2 Å². The molecular weight excluding hydrogens is 314 g/mol. The van der Waals surface area contributed by atoms with E-state index in [1.807, 2.05) is 42.5 Å². The second kappa shape index (κ2) is 8.67. The molecule has 134 valence electrons. The van der Waals surface area contributed by atoms with E-state index in [4.69, 9.17) is 0 Å². The Kier molecular flexibility index (Phi) is 6.06. The lowest BCUT2D eigenvalue weighted by Gasteiger charge is -2.32. The Hall–Kier alpha value is -2.34. The van der Waals surface area contributed by atoms with Crippen LogP contribution in [0.25, 0.3) is 0 Å². The first-order valence-electron chi connectivity index (χ1n) is 8.95. The zero-order chi connectivity index (χ0) is 17.5. The number of hydrogen-bond donors (Lipinski definition) is 2. The van der Waals surface area contributed by atoms with E-state index in [0.29, 0.717) is 6.54 Å². The summed E-state index contributed by atoms with van der Waals surface area (Å²) >= 11 is 0. The van der Waals surface area contributed by atoms with E-state index < -0.39 is 0 Å². The van der Waals surface area contributed by atoms with Gasteiger partial charge in [0.2, 0.25) is 0 Å². The Morgan fingerprint density at radius 2 is 1.96 bits per heavy atom. The lowest BCUT2D eigenvalue weighted by atomic mass is 10.0. The molecule has 0 atom stereocenters. The fraction of sp³-hybridized carbons (Fsp3) is 0.474. The van der Waals surface area contributed by atoms with Crippen molar-refractivity contribution in [2.45, 2.75) is 31.8 Å². The number of carbonyl (C=O) groups is 1. The van der Waals surface area contributed by atoms with Crippen molar-refractivity contribution < 1.29 is 4.79 Å². The highest BCUT2D eigenvalue weighted by Crippen LogP contribution is 2.11. The van der Waals surface area contributed by atoms with Crippen LogP contribution in [0.5, 0.6) is 0 Å². The summed E-state index contributed by atoms with van der Waals surface area (Å²) in [6.07, 6.45) is 10.8. The van der Waals surface area contributed by atoms with Crippen LogP contribution in [0.4, 0.5) is 4.79 Å². The van der Waals surface area contributed by atoms with Crippen LogP contribution in [0.1, 0.15) is 24.0 Å². The Balaban J connectivity index is 1.32. The van der Waals surface area contributed by atoms with Crippen LogP contribution < -0.4 is 10.6 Å². The minimum atomic E-state index is -0.0703. The zero-order valence-corrected chi connectivity index (χ0v) is 14.8. The van der Waals surface area contributed by atoms with Crippen molar-refractivity contribution >= 4 is 6.03 Å². The van der Waals surface area contributed by atoms with Gasteiger partial charge in [-0.2, -0.15) is 0 Å². The van der Waals surface area contributed by atoms with Gasteiger partial charge in [-0.1, -0.05) is 0 Å². The average molecular weight is 341 g/mol. The van der Waals surface area contributed by atoms with Crippen LogP contribution in [0.2, 0.25) is 0 Å². The molecule has 1 aliphatic heterocycles. The number of hydrogen-bond acceptors (Lipinski definition) is 3. The van der Waals surface area contributed by atoms with E-state index in [1.165, 1.54) is 5.56 Å². The number of rotatable bonds is 6. The summed E-state index contributed by atoms with van der Waals surface area (Å²) in [5.41, 5.74) is 2.44. The lowest BCUT2D eigenvalue weighted by molar-refractivity contribution is 0.193. The maximum Gasteiger partial charge on any atom is 0.315 e. The van der Waals surface area contributed by atoms with E-state index in [-0.39, 0.29) is 12.1 Å². The summed E-state index contributed by atoms with van der Waals surface area (Å²) in [7, 11) is 1.98. The van der Waals surface area contributed by atoms with Crippen molar-refractivity contribution in [1.29, 1.82) is 0 Å². The molecule has 2 N–H and O–H groups in total. The third-order valence-electron chi connectivity index (χ3n) is 4.74. The number of aryl methyl sites for hydroxylation is 1. The van der Waals surface area contributed by atoms with Gasteiger partial charge in [0, 0.05) is 64.1 Å². The zero-order valence-electron chi connectivity index (χ0n) is 14.8. The highest BCUT2D eigenvalue weighted by atomic mass is 16.2. The number of aromatic nitrogens is 2. The van der Waals surface area contributed by atoms with Crippen LogP contribution in [0.3, 0.4) is 0 Å². The maximum atomic E-state index is 12.0. The number of amides is 2. The van der Waals surface area contributed by atoms with E-state index >= 15 is 0 Å². The molecule has 6 nitrogen and oxygen atoms in total. The second-order valence-electron chi connectivity index (χ2n) is 6.73. The van der Waals surface area contributed by atoms with Crippen molar-refractivity contribution in [2.24, 2.45) is 7.05 Å². The molecule has 0 spiro atoms. The summed E-state index contributed by atoms with van der Waals surface area (Å²) in [4.78, 5) is 18.6. The van der Waals surface area contributed by atoms with Crippen molar-refractivity contribution in [3.05, 3.63) is 54.1 Å². The molecule has 1 saturated heterocycles. The molecule has 0 saturated carbocycles. The monoisotopic (exact) mass is 341 g/mol. The number of nitrogens with zero attached hydrogens (tertiary/aromatic N) is 3. The minimum Gasteiger partial charge on any atom is -0.357 e. The van der Waals surface area contributed by atoms with Crippen molar-refractivity contribution in [3.8, 4) is 0 Å². The number of nitrogens with one attached hydrogen (secondary N) is 2. The van der Waals surface area contributed by atoms with Gasteiger partial charge in [0.05, 0.1) is 0 Å². The fourth-order valence-corrected chi connectivity index (χ4v) is 3.22. The van der Waals surface area contributed by atoms with E-state index in [1.54, 1.807) is 0 Å². The molecule has 2 aromatic heterocycles. The molecule has 0 bridgehead atoms. The number of urea groups is 1. The molecule has 1 aliphatic rings. The molecule has 0 aromatic carbocycles. The quantitative estimate of drug-likeness (QED) is 0.844. The van der Waals surface area contributed by atoms with Gasteiger partial charge < -0.3 is 20.1 Å². The summed E-state index contributed by atoms with van der Waals surface area (Å²) in [6, 6.07) is 6.37. The minimum absolute atomic E-state index is 0.0703. The van der Waals surface area contributed by atoms with Crippen LogP contribution in [-0.4, -0.2) is 46.2 Å². The Morgan fingerprint density at radius 3 is 2.64 bits per heavy atom. The Labute approximate surface area is 149 Å². The van der Waals surface area contributed by atoms with Crippen LogP contribution in [-0.2, 0) is 20.0 Å². The summed E-state index contributed by atoms with van der Waals surface area (Å²) in [5, 5.41) is 6.03. The predicted octanol–water partition coefficient (Wildman–Crippen LogP) is 1.93. The van der Waals surface area contributed by atoms with Gasteiger partial charge in [0.1, 0.15) is 0 Å². The first-order chi connectivity index (χ1) is 12.2. The second-order valence-corrected chi connectivity index (χ2v) is 6.73. The molecule has 2 amide bonds. The SMILES string of the molecule is Cn1ccc(CNC(=O)NC2CCN(CCc3ccncc3)CC2)c1. The van der Waals surface area contributed by atoms with Gasteiger partial charge in [-0.15, -0.1) is 0 Å². The molecule has 6 heteroatoms. The number of carbonyl (C=O) groups excluding carboxylic acids is 1. The van der Waals surface area contributed by atoms with Crippen molar-refractivity contribution in [3.63, 3.8) is 0 Å². The number of piperidine rings is 1. The normalized spacial score (nSPS) is 15.9. The number of pyridine rings is 1. The number of likely N-dealkylation sites (tertiary alicyclic amines) is 1. The van der Waals surface area contributed by atoms with Gasteiger partial charge >= 0.3 is 6.03 Å². The molecule has 25 heavy (non-hydrogen) atoms. The molecule has 3 rings (SSSR count). The van der Waals surface area contributed by atoms with Crippen LogP contribution in [0.15, 0.2) is 43.0 Å². The van der Waals surface area contributed by atoms with E-state index in [0.717, 1.165) is 44.5 Å². The van der Waals surface area contributed by atoms with Crippen molar-refractivity contribution in [2.75, 3.05) is 19.6 Å². The highest BCUT2D eigenvalue weighted by Gasteiger charge is 2.20. The highest BCUT2D eigenvalue weighted by molar-refractivity contribution is 5.74. The van der Waals surface area contributed by atoms with Gasteiger partial charge in [-0.3, -0.25) is 4.98 Å². The predicted molar refractivity (Wildman–Crippen MR) is 98.2 cm³/mol. The molecule has 3 heterocycles. The fourth-order valence-electron chi connectivity index (χ4n) is 3.22. The Morgan fingerprint density at radius 1 is 1.20 bits per heavy atom. The van der Waals surface area contributed by atoms with E-state index in [2.05, 4.69) is 32.7 Å². The lowest BCUT2D eigenvalue weighted by Crippen LogP contribution is -2.48. The third kappa shape index (κ3) is 5.60.